The molecule has 26 heavy (non-hydrogen) atoms. The van der Waals surface area contributed by atoms with Crippen LogP contribution in [-0.4, -0.2) is 36.9 Å². The number of hydrogen-bond donors (Lipinski definition) is 0. The summed E-state index contributed by atoms with van der Waals surface area (Å²) in [5.74, 6) is -0.472. The molecular formula is C19H19NO5S. The number of ether oxygens (including phenoxy) is 2. The number of thiophene rings is 1. The molecule has 0 aliphatic carbocycles. The molecule has 7 heteroatoms. The molecule has 0 bridgehead atoms. The largest absolute Gasteiger partial charge is 0.478 e. The predicted octanol–water partition coefficient (Wildman–Crippen LogP) is 3.05. The number of amides is 1. The molecule has 1 aliphatic heterocycles. The van der Waals surface area contributed by atoms with Gasteiger partial charge in [0.25, 0.3) is 5.91 Å². The van der Waals surface area contributed by atoms with Gasteiger partial charge in [0.05, 0.1) is 17.2 Å². The maximum atomic E-state index is 12.7. The van der Waals surface area contributed by atoms with Crippen molar-refractivity contribution in [2.45, 2.75) is 26.4 Å². The number of rotatable bonds is 6. The third kappa shape index (κ3) is 3.48. The first kappa shape index (κ1) is 18.1. The molecule has 136 valence electrons. The zero-order valence-corrected chi connectivity index (χ0v) is 15.4. The monoisotopic (exact) mass is 373 g/mol. The molecule has 1 amide bonds. The Morgan fingerprint density at radius 3 is 2.73 bits per heavy atom. The number of fused-ring (bicyclic) bond motifs is 1. The molecule has 0 spiro atoms. The fourth-order valence-electron chi connectivity index (χ4n) is 2.77. The van der Waals surface area contributed by atoms with E-state index < -0.39 is 12.1 Å². The van der Waals surface area contributed by atoms with E-state index in [1.54, 1.807) is 31.2 Å². The molecule has 0 saturated heterocycles. The Balaban J connectivity index is 1.98. The normalized spacial score (nSPS) is 16.0. The molecule has 2 heterocycles. The molecule has 0 saturated carbocycles. The first-order chi connectivity index (χ1) is 12.5. The fourth-order valence-corrected chi connectivity index (χ4v) is 3.46. The number of nitrogens with zero attached hydrogens (tertiary/aromatic N) is 1. The van der Waals surface area contributed by atoms with Gasteiger partial charge in [-0.2, -0.15) is 0 Å². The van der Waals surface area contributed by atoms with Crippen molar-refractivity contribution in [2.75, 3.05) is 18.1 Å². The Morgan fingerprint density at radius 2 is 2.08 bits per heavy atom. The van der Waals surface area contributed by atoms with Crippen molar-refractivity contribution in [1.29, 1.82) is 0 Å². The smallest absolute Gasteiger partial charge is 0.326 e. The molecule has 6 nitrogen and oxygen atoms in total. The van der Waals surface area contributed by atoms with Gasteiger partial charge in [0.1, 0.15) is 12.3 Å². The Hall–Kier alpha value is -2.67. The van der Waals surface area contributed by atoms with E-state index in [0.29, 0.717) is 28.3 Å². The van der Waals surface area contributed by atoms with E-state index >= 15 is 0 Å². The molecule has 0 N–H and O–H groups in total. The molecular weight excluding hydrogens is 354 g/mol. The summed E-state index contributed by atoms with van der Waals surface area (Å²) in [5, 5.41) is 1.83. The zero-order valence-electron chi connectivity index (χ0n) is 14.6. The van der Waals surface area contributed by atoms with E-state index in [1.807, 2.05) is 18.4 Å². The number of carbonyl (C=O) groups is 3. The van der Waals surface area contributed by atoms with Crippen molar-refractivity contribution in [3.63, 3.8) is 0 Å². The summed E-state index contributed by atoms with van der Waals surface area (Å²) in [6, 6.07) is 8.50. The average molecular weight is 373 g/mol. The van der Waals surface area contributed by atoms with Gasteiger partial charge >= 0.3 is 5.97 Å². The lowest BCUT2D eigenvalue weighted by molar-refractivity contribution is -0.143. The van der Waals surface area contributed by atoms with Gasteiger partial charge in [-0.1, -0.05) is 13.0 Å². The highest BCUT2D eigenvalue weighted by atomic mass is 32.1. The summed E-state index contributed by atoms with van der Waals surface area (Å²) in [6.45, 7) is 3.57. The second kappa shape index (κ2) is 7.70. The lowest BCUT2D eigenvalue weighted by Gasteiger charge is -2.33. The summed E-state index contributed by atoms with van der Waals surface area (Å²) >= 11 is 1.35. The van der Waals surface area contributed by atoms with Crippen LogP contribution in [-0.2, 0) is 14.3 Å². The van der Waals surface area contributed by atoms with E-state index in [-0.39, 0.29) is 24.8 Å². The zero-order chi connectivity index (χ0) is 18.7. The summed E-state index contributed by atoms with van der Waals surface area (Å²) in [4.78, 5) is 39.2. The van der Waals surface area contributed by atoms with E-state index in [0.717, 1.165) is 0 Å². The van der Waals surface area contributed by atoms with Crippen LogP contribution in [0.15, 0.2) is 35.7 Å². The predicted molar refractivity (Wildman–Crippen MR) is 97.9 cm³/mol. The second-order valence-electron chi connectivity index (χ2n) is 5.73. The summed E-state index contributed by atoms with van der Waals surface area (Å²) in [7, 11) is 0. The number of benzene rings is 1. The van der Waals surface area contributed by atoms with Gasteiger partial charge in [-0.25, -0.2) is 0 Å². The van der Waals surface area contributed by atoms with Crippen LogP contribution in [0.3, 0.4) is 0 Å². The molecule has 0 unspecified atom stereocenters. The number of anilines is 1. The molecule has 0 radical (unpaired) electrons. The average Bonchev–Trinajstić information content (AvgIpc) is 3.17. The van der Waals surface area contributed by atoms with E-state index in [2.05, 4.69) is 0 Å². The maximum Gasteiger partial charge on any atom is 0.326 e. The molecule has 1 aliphatic rings. The number of esters is 1. The van der Waals surface area contributed by atoms with Crippen LogP contribution in [0.2, 0.25) is 0 Å². The van der Waals surface area contributed by atoms with Crippen LogP contribution in [0.5, 0.6) is 5.75 Å². The standard InChI is InChI=1S/C19H19NO5S/c1-3-14-19(23)20(11-17(21)24-4-2)13-10-12(7-8-15(13)25-14)18(22)16-6-5-9-26-16/h5-10,14H,3-4,11H2,1-2H3/t14-/m1/s1. The third-order valence-electron chi connectivity index (χ3n) is 4.03. The Labute approximate surface area is 155 Å². The number of ketones is 1. The Bertz CT molecular complexity index is 830. The van der Waals surface area contributed by atoms with Gasteiger partial charge in [-0.05, 0) is 43.0 Å². The number of carbonyl (C=O) groups excluding carboxylic acids is 3. The summed E-state index contributed by atoms with van der Waals surface area (Å²) in [5.41, 5.74) is 0.849. The van der Waals surface area contributed by atoms with Crippen molar-refractivity contribution in [3.8, 4) is 5.75 Å². The molecule has 1 aromatic heterocycles. The Kier molecular flexibility index (Phi) is 5.37. The van der Waals surface area contributed by atoms with Crippen LogP contribution in [0.1, 0.15) is 35.5 Å². The SMILES string of the molecule is CCOC(=O)CN1C(=O)[C@@H](CC)Oc2ccc(C(=O)c3cccs3)cc21. The minimum Gasteiger partial charge on any atom is -0.478 e. The van der Waals surface area contributed by atoms with Crippen molar-refractivity contribution in [2.24, 2.45) is 0 Å². The van der Waals surface area contributed by atoms with E-state index in [1.165, 1.54) is 16.2 Å². The van der Waals surface area contributed by atoms with Crippen molar-refractivity contribution in [3.05, 3.63) is 46.2 Å². The van der Waals surface area contributed by atoms with Gasteiger partial charge in [-0.15, -0.1) is 11.3 Å². The second-order valence-corrected chi connectivity index (χ2v) is 6.68. The lowest BCUT2D eigenvalue weighted by atomic mass is 10.1. The molecule has 1 atom stereocenters. The highest BCUT2D eigenvalue weighted by Crippen LogP contribution is 2.36. The van der Waals surface area contributed by atoms with Crippen LogP contribution in [0.4, 0.5) is 5.69 Å². The molecule has 1 aromatic carbocycles. The quantitative estimate of drug-likeness (QED) is 0.575. The van der Waals surface area contributed by atoms with Crippen LogP contribution in [0, 0.1) is 0 Å². The lowest BCUT2D eigenvalue weighted by Crippen LogP contribution is -2.48. The fraction of sp³-hybridized carbons (Fsp3) is 0.316. The number of hydrogen-bond acceptors (Lipinski definition) is 6. The van der Waals surface area contributed by atoms with Gasteiger partial charge in [-0.3, -0.25) is 19.3 Å². The van der Waals surface area contributed by atoms with Crippen LogP contribution in [0.25, 0.3) is 0 Å². The summed E-state index contributed by atoms with van der Waals surface area (Å²) < 4.78 is 10.7. The summed E-state index contributed by atoms with van der Waals surface area (Å²) in [6.07, 6.45) is -0.177. The van der Waals surface area contributed by atoms with Gasteiger partial charge in [0.2, 0.25) is 5.78 Å². The van der Waals surface area contributed by atoms with E-state index in [9.17, 15) is 14.4 Å². The topological polar surface area (TPSA) is 72.9 Å². The van der Waals surface area contributed by atoms with Crippen molar-refractivity contribution in [1.82, 2.24) is 0 Å². The van der Waals surface area contributed by atoms with Gasteiger partial charge in [0.15, 0.2) is 6.10 Å². The van der Waals surface area contributed by atoms with Gasteiger partial charge < -0.3 is 9.47 Å². The van der Waals surface area contributed by atoms with Crippen LogP contribution < -0.4 is 9.64 Å². The third-order valence-corrected chi connectivity index (χ3v) is 4.90. The van der Waals surface area contributed by atoms with Gasteiger partial charge in [0, 0.05) is 5.56 Å². The van der Waals surface area contributed by atoms with Crippen LogP contribution >= 0.6 is 11.3 Å². The maximum absolute atomic E-state index is 12.7. The highest BCUT2D eigenvalue weighted by Gasteiger charge is 2.35. The molecule has 3 rings (SSSR count). The van der Waals surface area contributed by atoms with E-state index in [4.69, 9.17) is 9.47 Å². The minimum atomic E-state index is -0.657. The van der Waals surface area contributed by atoms with Crippen molar-refractivity contribution < 1.29 is 23.9 Å². The van der Waals surface area contributed by atoms with Crippen molar-refractivity contribution >= 4 is 34.7 Å². The first-order valence-electron chi connectivity index (χ1n) is 8.41. The molecule has 2 aromatic rings. The Morgan fingerprint density at radius 1 is 1.27 bits per heavy atom. The highest BCUT2D eigenvalue weighted by molar-refractivity contribution is 7.12. The molecule has 0 fully saturated rings. The minimum absolute atomic E-state index is 0.135. The first-order valence-corrected chi connectivity index (χ1v) is 9.29.